The van der Waals surface area contributed by atoms with Gasteiger partial charge in [-0.2, -0.15) is 0 Å². The summed E-state index contributed by atoms with van der Waals surface area (Å²) in [7, 11) is 0. The van der Waals surface area contributed by atoms with Crippen LogP contribution in [0.3, 0.4) is 0 Å². The van der Waals surface area contributed by atoms with Gasteiger partial charge in [0.15, 0.2) is 10.7 Å². The van der Waals surface area contributed by atoms with E-state index in [0.29, 0.717) is 18.3 Å². The number of morpholine rings is 1. The molecule has 0 aliphatic carbocycles. The first-order valence-corrected chi connectivity index (χ1v) is 6.50. The maximum absolute atomic E-state index is 12.1. The van der Waals surface area contributed by atoms with Crippen molar-refractivity contribution in [1.29, 1.82) is 0 Å². The Morgan fingerprint density at radius 2 is 2.39 bits per heavy atom. The predicted molar refractivity (Wildman–Crippen MR) is 67.4 cm³/mol. The Bertz CT molecular complexity index is 448. The van der Waals surface area contributed by atoms with Gasteiger partial charge in [-0.05, 0) is 6.92 Å². The number of amides is 2. The topological polar surface area (TPSA) is 71.5 Å². The van der Waals surface area contributed by atoms with Crippen molar-refractivity contribution in [3.05, 3.63) is 11.6 Å². The molecular weight excluding hydrogens is 254 g/mol. The van der Waals surface area contributed by atoms with E-state index in [1.807, 2.05) is 0 Å². The lowest BCUT2D eigenvalue weighted by Crippen LogP contribution is -2.57. The molecule has 0 bridgehead atoms. The van der Waals surface area contributed by atoms with Crippen LogP contribution in [-0.4, -0.2) is 47.0 Å². The summed E-state index contributed by atoms with van der Waals surface area (Å²) in [5.74, 6) is -0.324. The van der Waals surface area contributed by atoms with Gasteiger partial charge in [0.1, 0.15) is 0 Å². The molecule has 18 heavy (non-hydrogen) atoms. The molecule has 2 rings (SSSR count). The third kappa shape index (κ3) is 2.68. The molecule has 0 saturated carbocycles. The maximum Gasteiger partial charge on any atom is 0.259 e. The average molecular weight is 269 g/mol. The molecule has 1 aromatic rings. The summed E-state index contributed by atoms with van der Waals surface area (Å²) in [6.07, 6.45) is 1.62. The fourth-order valence-electron chi connectivity index (χ4n) is 1.79. The van der Waals surface area contributed by atoms with Gasteiger partial charge in [0.05, 0.1) is 13.2 Å². The lowest BCUT2D eigenvalue weighted by molar-refractivity contribution is -0.158. The van der Waals surface area contributed by atoms with Gasteiger partial charge in [0.25, 0.3) is 5.91 Å². The lowest BCUT2D eigenvalue weighted by Gasteiger charge is -2.38. The summed E-state index contributed by atoms with van der Waals surface area (Å²) in [4.78, 5) is 29.1. The molecular formula is C11H15N3O3S. The molecule has 2 heterocycles. The highest BCUT2D eigenvalue weighted by Gasteiger charge is 2.40. The highest BCUT2D eigenvalue weighted by Crippen LogP contribution is 2.21. The van der Waals surface area contributed by atoms with E-state index in [2.05, 4.69) is 10.3 Å². The van der Waals surface area contributed by atoms with E-state index in [0.717, 1.165) is 0 Å². The summed E-state index contributed by atoms with van der Waals surface area (Å²) in [5, 5.41) is 5.01. The first-order chi connectivity index (χ1) is 8.51. The average Bonchev–Trinajstić information content (AvgIpc) is 2.82. The van der Waals surface area contributed by atoms with Gasteiger partial charge in [0.2, 0.25) is 5.91 Å². The van der Waals surface area contributed by atoms with E-state index in [1.54, 1.807) is 23.4 Å². The van der Waals surface area contributed by atoms with Crippen LogP contribution >= 0.6 is 11.3 Å². The number of rotatable bonds is 2. The van der Waals surface area contributed by atoms with Crippen LogP contribution in [0, 0.1) is 0 Å². The summed E-state index contributed by atoms with van der Waals surface area (Å²) >= 11 is 1.34. The molecule has 1 saturated heterocycles. The Labute approximate surface area is 109 Å². The van der Waals surface area contributed by atoms with Crippen molar-refractivity contribution in [3.8, 4) is 0 Å². The van der Waals surface area contributed by atoms with Crippen LogP contribution < -0.4 is 5.32 Å². The number of carbonyl (C=O) groups excluding carboxylic acids is 2. The standard InChI is InChI=1S/C11H15N3O3S/c1-8(15)14-4-5-17-11(2,7-14)9(16)13-10-12-3-6-18-10/h3,6H,4-5,7H2,1-2H3,(H,12,13,16)/t11-/m1/s1. The summed E-state index contributed by atoms with van der Waals surface area (Å²) in [6.45, 7) is 4.33. The molecule has 2 amide bonds. The third-order valence-corrected chi connectivity index (χ3v) is 3.54. The van der Waals surface area contributed by atoms with E-state index < -0.39 is 5.60 Å². The number of thiazole rings is 1. The van der Waals surface area contributed by atoms with Crippen LogP contribution in [0.25, 0.3) is 0 Å². The number of ether oxygens (including phenoxy) is 1. The van der Waals surface area contributed by atoms with Gasteiger partial charge in [-0.25, -0.2) is 4.98 Å². The van der Waals surface area contributed by atoms with Crippen molar-refractivity contribution in [2.75, 3.05) is 25.0 Å². The van der Waals surface area contributed by atoms with Crippen molar-refractivity contribution >= 4 is 28.3 Å². The molecule has 7 heteroatoms. The van der Waals surface area contributed by atoms with Gasteiger partial charge in [-0.15, -0.1) is 11.3 Å². The zero-order chi connectivity index (χ0) is 13.2. The minimum Gasteiger partial charge on any atom is -0.362 e. The first kappa shape index (κ1) is 13.0. The molecule has 1 aliphatic rings. The SMILES string of the molecule is CC(=O)N1CCO[C@@](C)(C(=O)Nc2nccs2)C1. The number of nitrogens with one attached hydrogen (secondary N) is 1. The zero-order valence-electron chi connectivity index (χ0n) is 10.3. The molecule has 6 nitrogen and oxygen atoms in total. The number of nitrogens with zero attached hydrogens (tertiary/aromatic N) is 2. The Hall–Kier alpha value is -1.47. The zero-order valence-corrected chi connectivity index (χ0v) is 11.1. The molecule has 1 aromatic heterocycles. The van der Waals surface area contributed by atoms with Gasteiger partial charge < -0.3 is 9.64 Å². The smallest absolute Gasteiger partial charge is 0.259 e. The second-order valence-electron chi connectivity index (χ2n) is 4.31. The highest BCUT2D eigenvalue weighted by molar-refractivity contribution is 7.13. The number of aromatic nitrogens is 1. The van der Waals surface area contributed by atoms with Crippen molar-refractivity contribution < 1.29 is 14.3 Å². The maximum atomic E-state index is 12.1. The molecule has 0 spiro atoms. The van der Waals surface area contributed by atoms with Gasteiger partial charge in [-0.1, -0.05) is 0 Å². The Balaban J connectivity index is 2.05. The van der Waals surface area contributed by atoms with Crippen LogP contribution in [-0.2, 0) is 14.3 Å². The number of hydrogen-bond donors (Lipinski definition) is 1. The largest absolute Gasteiger partial charge is 0.362 e. The molecule has 1 N–H and O–H groups in total. The van der Waals surface area contributed by atoms with Crippen LogP contribution in [0.4, 0.5) is 5.13 Å². The number of carbonyl (C=O) groups is 2. The normalized spacial score (nSPS) is 23.8. The van der Waals surface area contributed by atoms with Crippen molar-refractivity contribution in [2.24, 2.45) is 0 Å². The van der Waals surface area contributed by atoms with Gasteiger partial charge >= 0.3 is 0 Å². The van der Waals surface area contributed by atoms with Crippen LogP contribution in [0.2, 0.25) is 0 Å². The fourth-order valence-corrected chi connectivity index (χ4v) is 2.31. The second-order valence-corrected chi connectivity index (χ2v) is 5.21. The molecule has 1 atom stereocenters. The summed E-state index contributed by atoms with van der Waals surface area (Å²) in [5.41, 5.74) is -1.02. The molecule has 0 aromatic carbocycles. The molecule has 98 valence electrons. The Morgan fingerprint density at radius 3 is 3.00 bits per heavy atom. The van der Waals surface area contributed by atoms with Crippen molar-refractivity contribution in [1.82, 2.24) is 9.88 Å². The van der Waals surface area contributed by atoms with Crippen molar-refractivity contribution in [3.63, 3.8) is 0 Å². The van der Waals surface area contributed by atoms with Gasteiger partial charge in [-0.3, -0.25) is 14.9 Å². The van der Waals surface area contributed by atoms with Crippen LogP contribution in [0.15, 0.2) is 11.6 Å². The Kier molecular flexibility index (Phi) is 3.63. The van der Waals surface area contributed by atoms with Crippen LogP contribution in [0.1, 0.15) is 13.8 Å². The van der Waals surface area contributed by atoms with E-state index in [4.69, 9.17) is 4.74 Å². The molecule has 1 fully saturated rings. The predicted octanol–water partition coefficient (Wildman–Crippen LogP) is 0.719. The fraction of sp³-hybridized carbons (Fsp3) is 0.545. The quantitative estimate of drug-likeness (QED) is 0.858. The second kappa shape index (κ2) is 5.03. The number of anilines is 1. The Morgan fingerprint density at radius 1 is 1.61 bits per heavy atom. The van der Waals surface area contributed by atoms with Gasteiger partial charge in [0, 0.05) is 25.0 Å². The lowest BCUT2D eigenvalue weighted by atomic mass is 10.0. The number of hydrogen-bond acceptors (Lipinski definition) is 5. The van der Waals surface area contributed by atoms with E-state index in [1.165, 1.54) is 18.3 Å². The van der Waals surface area contributed by atoms with E-state index in [-0.39, 0.29) is 18.4 Å². The van der Waals surface area contributed by atoms with E-state index in [9.17, 15) is 9.59 Å². The summed E-state index contributed by atoms with van der Waals surface area (Å²) in [6, 6.07) is 0. The molecule has 1 aliphatic heterocycles. The highest BCUT2D eigenvalue weighted by atomic mass is 32.1. The molecule has 0 unspecified atom stereocenters. The van der Waals surface area contributed by atoms with E-state index >= 15 is 0 Å². The molecule has 0 radical (unpaired) electrons. The monoisotopic (exact) mass is 269 g/mol. The minimum atomic E-state index is -1.02. The first-order valence-electron chi connectivity index (χ1n) is 5.62. The third-order valence-electron chi connectivity index (χ3n) is 2.85. The van der Waals surface area contributed by atoms with Crippen LogP contribution in [0.5, 0.6) is 0 Å². The minimum absolute atomic E-state index is 0.0495. The van der Waals surface area contributed by atoms with Crippen molar-refractivity contribution in [2.45, 2.75) is 19.4 Å². The summed E-state index contributed by atoms with van der Waals surface area (Å²) < 4.78 is 5.53.